The zero-order chi connectivity index (χ0) is 24.1. The minimum atomic E-state index is -4.50. The molecule has 4 rings (SSSR count). The second kappa shape index (κ2) is 10.1. The van der Waals surface area contributed by atoms with Crippen molar-refractivity contribution >= 4 is 17.2 Å². The van der Waals surface area contributed by atoms with Gasteiger partial charge in [-0.05, 0) is 36.8 Å². The number of hydrazine groups is 1. The van der Waals surface area contributed by atoms with Crippen LogP contribution in [0.2, 0.25) is 0 Å². The molecule has 1 atom stereocenters. The quantitative estimate of drug-likeness (QED) is 0.498. The molecule has 9 heteroatoms. The van der Waals surface area contributed by atoms with Crippen molar-refractivity contribution in [1.82, 2.24) is 10.4 Å². The number of pyridine rings is 1. The maximum absolute atomic E-state index is 13.3. The second-order valence-corrected chi connectivity index (χ2v) is 7.97. The van der Waals surface area contributed by atoms with Crippen LogP contribution in [0.4, 0.5) is 24.5 Å². The van der Waals surface area contributed by atoms with Crippen LogP contribution in [0.5, 0.6) is 5.75 Å². The van der Waals surface area contributed by atoms with Crippen LogP contribution in [0, 0.1) is 6.92 Å². The third-order valence-electron chi connectivity index (χ3n) is 5.34. The largest absolute Gasteiger partial charge is 0.497 e. The number of anilines is 1. The first-order chi connectivity index (χ1) is 16.3. The summed E-state index contributed by atoms with van der Waals surface area (Å²) in [4.78, 5) is 8.71. The van der Waals surface area contributed by atoms with Gasteiger partial charge in [0, 0.05) is 24.4 Å². The third kappa shape index (κ3) is 5.85. The molecule has 178 valence electrons. The van der Waals surface area contributed by atoms with Gasteiger partial charge in [-0.1, -0.05) is 30.3 Å². The van der Waals surface area contributed by atoms with Crippen molar-refractivity contribution in [3.8, 4) is 5.75 Å². The Labute approximate surface area is 196 Å². The van der Waals surface area contributed by atoms with E-state index in [0.29, 0.717) is 25.5 Å². The molecule has 34 heavy (non-hydrogen) atoms. The molecule has 1 aliphatic rings. The lowest BCUT2D eigenvalue weighted by atomic mass is 10.1. The summed E-state index contributed by atoms with van der Waals surface area (Å²) in [5.41, 5.74) is 5.35. The van der Waals surface area contributed by atoms with E-state index in [9.17, 15) is 13.2 Å². The smallest absolute Gasteiger partial charge is 0.416 e. The lowest BCUT2D eigenvalue weighted by Crippen LogP contribution is -2.40. The number of methoxy groups -OCH3 is 1. The Morgan fingerprint density at radius 3 is 2.62 bits per heavy atom. The number of nitrogens with zero attached hydrogens (tertiary/aromatic N) is 3. The Bertz CT molecular complexity index is 1150. The van der Waals surface area contributed by atoms with Crippen molar-refractivity contribution in [3.63, 3.8) is 0 Å². The summed E-state index contributed by atoms with van der Waals surface area (Å²) >= 11 is 0. The van der Waals surface area contributed by atoms with Crippen molar-refractivity contribution in [2.24, 2.45) is 4.99 Å². The summed E-state index contributed by atoms with van der Waals surface area (Å²) in [6.45, 7) is 2.75. The van der Waals surface area contributed by atoms with Gasteiger partial charge in [0.1, 0.15) is 11.6 Å². The van der Waals surface area contributed by atoms with Gasteiger partial charge >= 0.3 is 6.18 Å². The van der Waals surface area contributed by atoms with Gasteiger partial charge in [-0.3, -0.25) is 15.4 Å². The number of aromatic nitrogens is 1. The molecule has 0 spiro atoms. The van der Waals surface area contributed by atoms with Crippen LogP contribution in [0.25, 0.3) is 0 Å². The molecule has 0 aliphatic carbocycles. The maximum atomic E-state index is 13.3. The number of aryl methyl sites for hydroxylation is 1. The lowest BCUT2D eigenvalue weighted by molar-refractivity contribution is -0.137. The highest BCUT2D eigenvalue weighted by Crippen LogP contribution is 2.35. The van der Waals surface area contributed by atoms with Gasteiger partial charge in [-0.15, -0.1) is 0 Å². The van der Waals surface area contributed by atoms with Crippen LogP contribution in [0.15, 0.2) is 71.9 Å². The van der Waals surface area contributed by atoms with Gasteiger partial charge in [-0.25, -0.2) is 4.99 Å². The normalized spacial score (nSPS) is 17.1. The molecule has 1 aromatic heterocycles. The Hall–Kier alpha value is -3.59. The van der Waals surface area contributed by atoms with E-state index in [1.54, 1.807) is 6.20 Å². The molecular weight excluding hydrogens is 445 g/mol. The number of hydrogen-bond donors (Lipinski definition) is 1. The molecule has 2 heterocycles. The molecule has 0 bridgehead atoms. The van der Waals surface area contributed by atoms with Gasteiger partial charge in [0.2, 0.25) is 0 Å². The van der Waals surface area contributed by atoms with E-state index in [-0.39, 0.29) is 17.5 Å². The second-order valence-electron chi connectivity index (χ2n) is 7.97. The first kappa shape index (κ1) is 23.6. The van der Waals surface area contributed by atoms with Crippen LogP contribution >= 0.6 is 0 Å². The van der Waals surface area contributed by atoms with Crippen molar-refractivity contribution in [3.05, 3.63) is 83.7 Å². The minimum absolute atomic E-state index is 0.0940. The van der Waals surface area contributed by atoms with Crippen molar-refractivity contribution in [2.45, 2.75) is 32.2 Å². The van der Waals surface area contributed by atoms with E-state index in [1.807, 2.05) is 54.4 Å². The minimum Gasteiger partial charge on any atom is -0.497 e. The van der Waals surface area contributed by atoms with Crippen molar-refractivity contribution in [1.29, 1.82) is 0 Å². The van der Waals surface area contributed by atoms with Crippen molar-refractivity contribution in [2.75, 3.05) is 18.7 Å². The van der Waals surface area contributed by atoms with E-state index in [0.717, 1.165) is 29.1 Å². The first-order valence-electron chi connectivity index (χ1n) is 10.8. The van der Waals surface area contributed by atoms with E-state index >= 15 is 0 Å². The maximum Gasteiger partial charge on any atom is 0.416 e. The summed E-state index contributed by atoms with van der Waals surface area (Å²) in [5, 5.41) is 1.92. The molecule has 1 unspecified atom stereocenters. The lowest BCUT2D eigenvalue weighted by Gasteiger charge is -2.26. The molecule has 3 aromatic rings. The first-order valence-corrected chi connectivity index (χ1v) is 10.8. The van der Waals surface area contributed by atoms with E-state index in [2.05, 4.69) is 15.4 Å². The number of rotatable bonds is 7. The van der Waals surface area contributed by atoms with Gasteiger partial charge in [-0.2, -0.15) is 13.2 Å². The molecule has 1 fully saturated rings. The van der Waals surface area contributed by atoms with Gasteiger partial charge in [0.05, 0.1) is 43.3 Å². The van der Waals surface area contributed by atoms with Gasteiger partial charge in [0.25, 0.3) is 0 Å². The van der Waals surface area contributed by atoms with Crippen LogP contribution in [0.3, 0.4) is 0 Å². The van der Waals surface area contributed by atoms with E-state index in [4.69, 9.17) is 9.47 Å². The third-order valence-corrected chi connectivity index (χ3v) is 5.34. The molecule has 6 nitrogen and oxygen atoms in total. The number of hydrogen-bond acceptors (Lipinski definition) is 5. The number of nitrogens with one attached hydrogen (secondary N) is 1. The van der Waals surface area contributed by atoms with Crippen LogP contribution in [-0.2, 0) is 17.5 Å². The number of amidine groups is 1. The standard InChI is InChI=1S/C25H25F3N4O2/c1-17-10-21(8-9-29-17)32-22(16-34-15-18-6-4-3-5-7-18)14-24(31-32)30-20-11-19(25(26,27)28)12-23(13-20)33-2/h3-13,22H,14-16H2,1-2H3,(H,30,31). The highest BCUT2D eigenvalue weighted by atomic mass is 19.4. The van der Waals surface area contributed by atoms with Gasteiger partial charge in [0.15, 0.2) is 0 Å². The van der Waals surface area contributed by atoms with Crippen LogP contribution in [-0.4, -0.2) is 30.6 Å². The summed E-state index contributed by atoms with van der Waals surface area (Å²) in [7, 11) is 1.33. The molecule has 0 saturated carbocycles. The average Bonchev–Trinajstić information content (AvgIpc) is 3.21. The Morgan fingerprint density at radius 1 is 1.12 bits per heavy atom. The predicted molar refractivity (Wildman–Crippen MR) is 124 cm³/mol. The van der Waals surface area contributed by atoms with E-state index < -0.39 is 11.7 Å². The number of halogens is 3. The zero-order valence-electron chi connectivity index (χ0n) is 18.8. The number of ether oxygens (including phenoxy) is 2. The highest BCUT2D eigenvalue weighted by Gasteiger charge is 2.32. The molecule has 0 amide bonds. The number of benzene rings is 2. The molecule has 2 aromatic carbocycles. The summed E-state index contributed by atoms with van der Waals surface area (Å²) in [6, 6.07) is 17.0. The number of aliphatic imine (C=N–C) groups is 1. The van der Waals surface area contributed by atoms with Crippen molar-refractivity contribution < 1.29 is 22.6 Å². The van der Waals surface area contributed by atoms with Crippen LogP contribution < -0.4 is 15.2 Å². The highest BCUT2D eigenvalue weighted by molar-refractivity contribution is 5.90. The molecule has 0 radical (unpaired) electrons. The fourth-order valence-corrected chi connectivity index (χ4v) is 3.72. The predicted octanol–water partition coefficient (Wildman–Crippen LogP) is 5.45. The summed E-state index contributed by atoms with van der Waals surface area (Å²) in [5.74, 6) is 0.626. The molecule has 1 saturated heterocycles. The SMILES string of the molecule is COc1cc(N=C2CC(COCc3ccccc3)N(c3ccnc(C)c3)N2)cc(C(F)(F)F)c1. The molecule has 1 N–H and O–H groups in total. The van der Waals surface area contributed by atoms with Gasteiger partial charge < -0.3 is 9.47 Å². The fourth-order valence-electron chi connectivity index (χ4n) is 3.72. The Morgan fingerprint density at radius 2 is 1.91 bits per heavy atom. The Balaban J connectivity index is 1.57. The average molecular weight is 470 g/mol. The monoisotopic (exact) mass is 470 g/mol. The molecular formula is C25H25F3N4O2. The Kier molecular flexibility index (Phi) is 7.02. The number of alkyl halides is 3. The summed E-state index contributed by atoms with van der Waals surface area (Å²) < 4.78 is 50.9. The van der Waals surface area contributed by atoms with E-state index in [1.165, 1.54) is 13.2 Å². The molecule has 1 aliphatic heterocycles. The fraction of sp³-hybridized carbons (Fsp3) is 0.280. The topological polar surface area (TPSA) is 59.0 Å². The van der Waals surface area contributed by atoms with Crippen LogP contribution in [0.1, 0.15) is 23.2 Å². The zero-order valence-corrected chi connectivity index (χ0v) is 18.8. The summed E-state index contributed by atoms with van der Waals surface area (Å²) in [6.07, 6.45) is -2.32.